The number of benzene rings is 1. The predicted molar refractivity (Wildman–Crippen MR) is 108 cm³/mol. The summed E-state index contributed by atoms with van der Waals surface area (Å²) >= 11 is 0. The molecular formula is C20H31ClN2O3. The van der Waals surface area contributed by atoms with Crippen molar-refractivity contribution in [3.8, 4) is 11.5 Å². The van der Waals surface area contributed by atoms with Crippen LogP contribution in [0.15, 0.2) is 24.8 Å². The van der Waals surface area contributed by atoms with Gasteiger partial charge in [0.25, 0.3) is 5.91 Å². The first-order valence-corrected chi connectivity index (χ1v) is 9.03. The molecule has 1 aliphatic rings. The Morgan fingerprint density at radius 2 is 2.00 bits per heavy atom. The summed E-state index contributed by atoms with van der Waals surface area (Å²) < 4.78 is 10.9. The Balaban J connectivity index is 0.00000338. The highest BCUT2D eigenvalue weighted by Crippen LogP contribution is 2.34. The Morgan fingerprint density at radius 3 is 2.54 bits per heavy atom. The van der Waals surface area contributed by atoms with Gasteiger partial charge in [0.2, 0.25) is 0 Å². The lowest BCUT2D eigenvalue weighted by atomic mass is 10.0. The lowest BCUT2D eigenvalue weighted by Crippen LogP contribution is -2.46. The average molecular weight is 383 g/mol. The third-order valence-electron chi connectivity index (χ3n) is 4.64. The summed E-state index contributed by atoms with van der Waals surface area (Å²) in [6, 6.07) is 4.00. The van der Waals surface area contributed by atoms with E-state index in [0.717, 1.165) is 44.5 Å². The molecule has 1 aliphatic heterocycles. The molecule has 0 aliphatic carbocycles. The number of nitrogens with zero attached hydrogens (tertiary/aromatic N) is 1. The average Bonchev–Trinajstić information content (AvgIpc) is 2.65. The number of nitrogens with one attached hydrogen (secondary N) is 1. The van der Waals surface area contributed by atoms with Crippen LogP contribution in [-0.4, -0.2) is 50.7 Å². The van der Waals surface area contributed by atoms with E-state index in [1.807, 2.05) is 17.0 Å². The van der Waals surface area contributed by atoms with Gasteiger partial charge >= 0.3 is 0 Å². The third kappa shape index (κ3) is 5.15. The number of halogens is 1. The molecule has 1 N–H and O–H groups in total. The van der Waals surface area contributed by atoms with E-state index < -0.39 is 0 Å². The fourth-order valence-electron chi connectivity index (χ4n) is 3.45. The monoisotopic (exact) mass is 382 g/mol. The molecule has 2 rings (SSSR count). The Morgan fingerprint density at radius 1 is 1.31 bits per heavy atom. The molecule has 0 radical (unpaired) electrons. The fraction of sp³-hybridized carbons (Fsp3) is 0.550. The summed E-state index contributed by atoms with van der Waals surface area (Å²) in [6.45, 7) is 8.61. The number of allylic oxidation sites excluding steroid dienone is 1. The van der Waals surface area contributed by atoms with Crippen molar-refractivity contribution in [2.45, 2.75) is 38.6 Å². The maximum Gasteiger partial charge on any atom is 0.254 e. The second-order valence-corrected chi connectivity index (χ2v) is 6.34. The first-order valence-electron chi connectivity index (χ1n) is 9.03. The SMILES string of the molecule is C=CCc1cc(C(=O)N(CCC)C2CCNCC2)cc(OC)c1OC.Cl. The highest BCUT2D eigenvalue weighted by Gasteiger charge is 2.27. The number of carbonyl (C=O) groups is 1. The van der Waals surface area contributed by atoms with Crippen LogP contribution in [0.1, 0.15) is 42.1 Å². The molecule has 5 nitrogen and oxygen atoms in total. The van der Waals surface area contributed by atoms with Gasteiger partial charge in [0, 0.05) is 23.7 Å². The Labute approximate surface area is 163 Å². The van der Waals surface area contributed by atoms with Gasteiger partial charge in [0.05, 0.1) is 14.2 Å². The van der Waals surface area contributed by atoms with Crippen LogP contribution >= 0.6 is 12.4 Å². The molecule has 146 valence electrons. The quantitative estimate of drug-likeness (QED) is 0.699. The summed E-state index contributed by atoms with van der Waals surface area (Å²) in [5.41, 5.74) is 1.57. The van der Waals surface area contributed by atoms with Crippen molar-refractivity contribution in [2.75, 3.05) is 33.9 Å². The minimum Gasteiger partial charge on any atom is -0.493 e. The Kier molecular flexibility index (Phi) is 9.52. The molecular weight excluding hydrogens is 352 g/mol. The zero-order valence-electron chi connectivity index (χ0n) is 16.0. The minimum absolute atomic E-state index is 0. The maximum absolute atomic E-state index is 13.2. The summed E-state index contributed by atoms with van der Waals surface area (Å²) in [4.78, 5) is 15.3. The van der Waals surface area contributed by atoms with Crippen molar-refractivity contribution in [1.29, 1.82) is 0 Å². The van der Waals surface area contributed by atoms with Crippen molar-refractivity contribution in [2.24, 2.45) is 0 Å². The van der Waals surface area contributed by atoms with Crippen LogP contribution in [-0.2, 0) is 6.42 Å². The number of piperidine rings is 1. The van der Waals surface area contributed by atoms with Crippen molar-refractivity contribution >= 4 is 18.3 Å². The second-order valence-electron chi connectivity index (χ2n) is 6.34. The first kappa shape index (κ1) is 22.3. The summed E-state index contributed by atoms with van der Waals surface area (Å²) in [6.07, 6.45) is 5.38. The van der Waals surface area contributed by atoms with Crippen molar-refractivity contribution < 1.29 is 14.3 Å². The van der Waals surface area contributed by atoms with E-state index in [1.54, 1.807) is 20.3 Å². The van der Waals surface area contributed by atoms with E-state index in [4.69, 9.17) is 9.47 Å². The minimum atomic E-state index is 0. The molecule has 0 bridgehead atoms. The van der Waals surface area contributed by atoms with Gasteiger partial charge in [-0.05, 0) is 50.9 Å². The lowest BCUT2D eigenvalue weighted by molar-refractivity contribution is 0.0642. The molecule has 0 aromatic heterocycles. The molecule has 26 heavy (non-hydrogen) atoms. The summed E-state index contributed by atoms with van der Waals surface area (Å²) in [5.74, 6) is 1.33. The molecule has 6 heteroatoms. The van der Waals surface area contributed by atoms with E-state index in [1.165, 1.54) is 0 Å². The smallest absolute Gasteiger partial charge is 0.254 e. The van der Waals surface area contributed by atoms with Crippen molar-refractivity contribution in [3.63, 3.8) is 0 Å². The van der Waals surface area contributed by atoms with Crippen LogP contribution < -0.4 is 14.8 Å². The normalized spacial score (nSPS) is 14.3. The van der Waals surface area contributed by atoms with Gasteiger partial charge in [-0.2, -0.15) is 0 Å². The highest BCUT2D eigenvalue weighted by molar-refractivity contribution is 5.95. The number of ether oxygens (including phenoxy) is 2. The van der Waals surface area contributed by atoms with Gasteiger partial charge in [-0.25, -0.2) is 0 Å². The number of carbonyl (C=O) groups excluding carboxylic acids is 1. The van der Waals surface area contributed by atoms with Crippen LogP contribution in [0.25, 0.3) is 0 Å². The zero-order valence-corrected chi connectivity index (χ0v) is 16.9. The van der Waals surface area contributed by atoms with Gasteiger partial charge in [-0.3, -0.25) is 4.79 Å². The largest absolute Gasteiger partial charge is 0.493 e. The van der Waals surface area contributed by atoms with Gasteiger partial charge in [-0.1, -0.05) is 13.0 Å². The first-order chi connectivity index (χ1) is 12.2. The number of rotatable bonds is 8. The zero-order chi connectivity index (χ0) is 18.2. The molecule has 0 spiro atoms. The van der Waals surface area contributed by atoms with Crippen molar-refractivity contribution in [3.05, 3.63) is 35.9 Å². The Bertz CT molecular complexity index is 601. The molecule has 1 aromatic carbocycles. The third-order valence-corrected chi connectivity index (χ3v) is 4.64. The van der Waals surface area contributed by atoms with Gasteiger partial charge in [0.1, 0.15) is 0 Å². The van der Waals surface area contributed by atoms with E-state index in [9.17, 15) is 4.79 Å². The van der Waals surface area contributed by atoms with E-state index in [-0.39, 0.29) is 18.3 Å². The van der Waals surface area contributed by atoms with E-state index >= 15 is 0 Å². The fourth-order valence-corrected chi connectivity index (χ4v) is 3.45. The van der Waals surface area contributed by atoms with Crippen LogP contribution in [0.2, 0.25) is 0 Å². The Hall–Kier alpha value is -1.72. The van der Waals surface area contributed by atoms with Crippen molar-refractivity contribution in [1.82, 2.24) is 10.2 Å². The molecule has 0 saturated carbocycles. The molecule has 1 aromatic rings. The number of hydrogen-bond donors (Lipinski definition) is 1. The topological polar surface area (TPSA) is 50.8 Å². The number of amides is 1. The molecule has 1 amide bonds. The van der Waals surface area contributed by atoms with Crippen LogP contribution in [0, 0.1) is 0 Å². The molecule has 0 atom stereocenters. The highest BCUT2D eigenvalue weighted by atomic mass is 35.5. The van der Waals surface area contributed by atoms with Gasteiger partial charge in [0.15, 0.2) is 11.5 Å². The standard InChI is InChI=1S/C20H30N2O3.ClH/c1-5-7-15-13-16(14-18(24-3)19(15)25-4)20(23)22(12-6-2)17-8-10-21-11-9-17;/h5,13-14,17,21H,1,6-12H2,2-4H3;1H. The van der Waals surface area contributed by atoms with Crippen LogP contribution in [0.4, 0.5) is 0 Å². The van der Waals surface area contributed by atoms with Gasteiger partial charge < -0.3 is 19.7 Å². The summed E-state index contributed by atoms with van der Waals surface area (Å²) in [7, 11) is 3.21. The lowest BCUT2D eigenvalue weighted by Gasteiger charge is -2.35. The maximum atomic E-state index is 13.2. The molecule has 1 heterocycles. The molecule has 1 saturated heterocycles. The molecule has 1 fully saturated rings. The predicted octanol–water partition coefficient (Wildman–Crippen LogP) is 3.46. The van der Waals surface area contributed by atoms with E-state index in [2.05, 4.69) is 18.8 Å². The second kappa shape index (κ2) is 11.1. The number of hydrogen-bond acceptors (Lipinski definition) is 4. The van der Waals surface area contributed by atoms with Crippen LogP contribution in [0.5, 0.6) is 11.5 Å². The molecule has 0 unspecified atom stereocenters. The van der Waals surface area contributed by atoms with E-state index in [0.29, 0.717) is 29.5 Å². The van der Waals surface area contributed by atoms with Gasteiger partial charge in [-0.15, -0.1) is 19.0 Å². The van der Waals surface area contributed by atoms with Crippen LogP contribution in [0.3, 0.4) is 0 Å². The number of methoxy groups -OCH3 is 2. The summed E-state index contributed by atoms with van der Waals surface area (Å²) in [5, 5.41) is 3.36.